The first-order valence-electron chi connectivity index (χ1n) is 5.25. The van der Waals surface area contributed by atoms with E-state index in [1.54, 1.807) is 6.92 Å². The predicted molar refractivity (Wildman–Crippen MR) is 61.7 cm³/mol. The van der Waals surface area contributed by atoms with Gasteiger partial charge in [0, 0.05) is 11.7 Å². The van der Waals surface area contributed by atoms with E-state index in [0.717, 1.165) is 0 Å². The molecule has 1 unspecified atom stereocenters. The Labute approximate surface area is 94.9 Å². The fraction of sp³-hybridized carbons (Fsp3) is 0.545. The third kappa shape index (κ3) is 3.18. The van der Waals surface area contributed by atoms with E-state index in [1.807, 2.05) is 6.92 Å². The number of carboxylic acid groups (broad SMARTS) is 1. The second-order valence-corrected chi connectivity index (χ2v) is 4.20. The molecule has 5 nitrogen and oxygen atoms in total. The lowest BCUT2D eigenvalue weighted by molar-refractivity contribution is 0.0690. The van der Waals surface area contributed by atoms with Crippen LogP contribution in [-0.4, -0.2) is 27.1 Å². The second-order valence-electron chi connectivity index (χ2n) is 4.20. The third-order valence-electron chi connectivity index (χ3n) is 2.43. The predicted octanol–water partition coefficient (Wildman–Crippen LogP) is 1.94. The van der Waals surface area contributed by atoms with Crippen molar-refractivity contribution in [2.75, 3.05) is 5.32 Å². The quantitative estimate of drug-likeness (QED) is 0.815. The molecule has 0 aromatic carbocycles. The number of anilines is 1. The smallest absolute Gasteiger partial charge is 0.354 e. The zero-order chi connectivity index (χ0) is 12.3. The van der Waals surface area contributed by atoms with Crippen molar-refractivity contribution in [2.24, 2.45) is 5.92 Å². The van der Waals surface area contributed by atoms with Crippen LogP contribution < -0.4 is 5.32 Å². The van der Waals surface area contributed by atoms with Gasteiger partial charge in [0.05, 0.1) is 0 Å². The van der Waals surface area contributed by atoms with Crippen molar-refractivity contribution >= 4 is 11.9 Å². The molecule has 1 aromatic rings. The summed E-state index contributed by atoms with van der Waals surface area (Å²) in [6.45, 7) is 7.91. The van der Waals surface area contributed by atoms with Crippen molar-refractivity contribution < 1.29 is 9.90 Å². The highest BCUT2D eigenvalue weighted by molar-refractivity contribution is 5.85. The Balaban J connectivity index is 2.92. The summed E-state index contributed by atoms with van der Waals surface area (Å²) >= 11 is 0. The lowest BCUT2D eigenvalue weighted by Gasteiger charge is -2.17. The molecule has 5 heteroatoms. The van der Waals surface area contributed by atoms with Crippen molar-refractivity contribution in [3.8, 4) is 0 Å². The third-order valence-corrected chi connectivity index (χ3v) is 2.43. The van der Waals surface area contributed by atoms with Gasteiger partial charge in [-0.15, -0.1) is 0 Å². The molecule has 0 radical (unpaired) electrons. The van der Waals surface area contributed by atoms with Gasteiger partial charge in [-0.1, -0.05) is 13.8 Å². The van der Waals surface area contributed by atoms with Crippen LogP contribution in [0.2, 0.25) is 0 Å². The molecule has 1 atom stereocenters. The normalized spacial score (nSPS) is 12.6. The van der Waals surface area contributed by atoms with Crippen LogP contribution in [0.25, 0.3) is 0 Å². The number of aryl methyl sites for hydroxylation is 1. The Hall–Kier alpha value is -1.65. The first-order valence-corrected chi connectivity index (χ1v) is 5.25. The van der Waals surface area contributed by atoms with Crippen LogP contribution in [0.5, 0.6) is 0 Å². The minimum Gasteiger partial charge on any atom is -0.477 e. The number of hydrogen-bond acceptors (Lipinski definition) is 4. The minimum absolute atomic E-state index is 0.0194. The van der Waals surface area contributed by atoms with E-state index in [9.17, 15) is 4.79 Å². The first-order chi connectivity index (χ1) is 7.40. The Bertz CT molecular complexity index is 391. The van der Waals surface area contributed by atoms with Crippen molar-refractivity contribution in [3.63, 3.8) is 0 Å². The van der Waals surface area contributed by atoms with Crippen LogP contribution in [-0.2, 0) is 0 Å². The van der Waals surface area contributed by atoms with Gasteiger partial charge in [-0.3, -0.25) is 0 Å². The van der Waals surface area contributed by atoms with Crippen molar-refractivity contribution in [2.45, 2.75) is 33.7 Å². The van der Waals surface area contributed by atoms with E-state index >= 15 is 0 Å². The largest absolute Gasteiger partial charge is 0.477 e. The maximum Gasteiger partial charge on any atom is 0.354 e. The molecule has 1 heterocycles. The lowest BCUT2D eigenvalue weighted by Crippen LogP contribution is -2.23. The average molecular weight is 223 g/mol. The zero-order valence-electron chi connectivity index (χ0n) is 9.98. The van der Waals surface area contributed by atoms with Gasteiger partial charge in [0.2, 0.25) is 5.95 Å². The SMILES string of the molecule is Cc1cc(C(=O)O)nc(NC(C)C(C)C)n1. The number of carboxylic acids is 1. The lowest BCUT2D eigenvalue weighted by atomic mass is 10.1. The maximum atomic E-state index is 10.8. The van der Waals surface area contributed by atoms with E-state index in [-0.39, 0.29) is 11.7 Å². The monoisotopic (exact) mass is 223 g/mol. The van der Waals surface area contributed by atoms with Gasteiger partial charge < -0.3 is 10.4 Å². The molecule has 0 saturated carbocycles. The number of aromatic nitrogens is 2. The molecular formula is C11H17N3O2. The average Bonchev–Trinajstić information content (AvgIpc) is 2.16. The number of nitrogens with one attached hydrogen (secondary N) is 1. The Kier molecular flexibility index (Phi) is 3.82. The fourth-order valence-corrected chi connectivity index (χ4v) is 1.11. The molecule has 0 amide bonds. The van der Waals surface area contributed by atoms with Crippen LogP contribution >= 0.6 is 0 Å². The van der Waals surface area contributed by atoms with Crippen LogP contribution in [0.1, 0.15) is 37.0 Å². The standard InChI is InChI=1S/C11H17N3O2/c1-6(2)8(4)13-11-12-7(3)5-9(14-11)10(15)16/h5-6,8H,1-4H3,(H,15,16)(H,12,13,14). The number of carbonyl (C=O) groups is 1. The Morgan fingerprint density at radius 3 is 2.50 bits per heavy atom. The van der Waals surface area contributed by atoms with Gasteiger partial charge >= 0.3 is 5.97 Å². The summed E-state index contributed by atoms with van der Waals surface area (Å²) in [5, 5.41) is 12.0. The van der Waals surface area contributed by atoms with Crippen LogP contribution in [0.4, 0.5) is 5.95 Å². The van der Waals surface area contributed by atoms with Crippen molar-refractivity contribution in [1.29, 1.82) is 0 Å². The van der Waals surface area contributed by atoms with Crippen LogP contribution in [0.3, 0.4) is 0 Å². The van der Waals surface area contributed by atoms with E-state index in [2.05, 4.69) is 29.1 Å². The van der Waals surface area contributed by atoms with Gasteiger partial charge in [0.25, 0.3) is 0 Å². The van der Waals surface area contributed by atoms with Crippen molar-refractivity contribution in [3.05, 3.63) is 17.5 Å². The van der Waals surface area contributed by atoms with Gasteiger partial charge in [-0.25, -0.2) is 14.8 Å². The number of rotatable bonds is 4. The molecule has 0 aliphatic carbocycles. The minimum atomic E-state index is -1.04. The first kappa shape index (κ1) is 12.4. The molecule has 1 rings (SSSR count). The molecule has 0 aliphatic rings. The molecule has 2 N–H and O–H groups in total. The van der Waals surface area contributed by atoms with Gasteiger partial charge in [-0.2, -0.15) is 0 Å². The van der Waals surface area contributed by atoms with Crippen LogP contribution in [0.15, 0.2) is 6.07 Å². The number of nitrogens with zero attached hydrogens (tertiary/aromatic N) is 2. The number of aromatic carboxylic acids is 1. The summed E-state index contributed by atoms with van der Waals surface area (Å²) in [4.78, 5) is 18.9. The Morgan fingerprint density at radius 2 is 2.00 bits per heavy atom. The zero-order valence-corrected chi connectivity index (χ0v) is 9.98. The summed E-state index contributed by atoms with van der Waals surface area (Å²) in [7, 11) is 0. The van der Waals surface area contributed by atoms with Crippen LogP contribution in [0, 0.1) is 12.8 Å². The summed E-state index contributed by atoms with van der Waals surface area (Å²) in [6.07, 6.45) is 0. The molecule has 16 heavy (non-hydrogen) atoms. The highest BCUT2D eigenvalue weighted by Gasteiger charge is 2.12. The highest BCUT2D eigenvalue weighted by atomic mass is 16.4. The Morgan fingerprint density at radius 1 is 1.38 bits per heavy atom. The molecule has 0 saturated heterocycles. The fourth-order valence-electron chi connectivity index (χ4n) is 1.11. The summed E-state index contributed by atoms with van der Waals surface area (Å²) in [6, 6.07) is 1.65. The van der Waals surface area contributed by atoms with E-state index in [1.165, 1.54) is 6.07 Å². The summed E-state index contributed by atoms with van der Waals surface area (Å²) < 4.78 is 0. The highest BCUT2D eigenvalue weighted by Crippen LogP contribution is 2.10. The van der Waals surface area contributed by atoms with E-state index < -0.39 is 5.97 Å². The summed E-state index contributed by atoms with van der Waals surface area (Å²) in [5.41, 5.74) is 0.664. The molecule has 0 fully saturated rings. The van der Waals surface area contributed by atoms with Gasteiger partial charge in [0.1, 0.15) is 0 Å². The topological polar surface area (TPSA) is 75.1 Å². The maximum absolute atomic E-state index is 10.8. The van der Waals surface area contributed by atoms with E-state index in [4.69, 9.17) is 5.11 Å². The van der Waals surface area contributed by atoms with Crippen molar-refractivity contribution in [1.82, 2.24) is 9.97 Å². The second kappa shape index (κ2) is 4.92. The summed E-state index contributed by atoms with van der Waals surface area (Å²) in [5.74, 6) is -0.234. The van der Waals surface area contributed by atoms with Gasteiger partial charge in [-0.05, 0) is 25.8 Å². The molecular weight excluding hydrogens is 206 g/mol. The van der Waals surface area contributed by atoms with Gasteiger partial charge in [0.15, 0.2) is 5.69 Å². The molecule has 0 bridgehead atoms. The molecule has 88 valence electrons. The molecule has 0 spiro atoms. The molecule has 0 aliphatic heterocycles. The van der Waals surface area contributed by atoms with E-state index in [0.29, 0.717) is 17.6 Å². The number of hydrogen-bond donors (Lipinski definition) is 2. The molecule has 1 aromatic heterocycles.